The van der Waals surface area contributed by atoms with Gasteiger partial charge in [-0.05, 0) is 32.4 Å². The van der Waals surface area contributed by atoms with E-state index in [1.165, 1.54) is 0 Å². The van der Waals surface area contributed by atoms with Crippen molar-refractivity contribution in [1.29, 1.82) is 0 Å². The highest BCUT2D eigenvalue weighted by atomic mass is 16.3. The lowest BCUT2D eigenvalue weighted by Crippen LogP contribution is -2.01. The molecule has 0 amide bonds. The average Bonchev–Trinajstić information content (AvgIpc) is 3.07. The molecule has 0 saturated carbocycles. The van der Waals surface area contributed by atoms with Crippen LogP contribution in [0.15, 0.2) is 28.9 Å². The molecule has 2 aromatic heterocycles. The van der Waals surface area contributed by atoms with E-state index < -0.39 is 0 Å². The van der Waals surface area contributed by atoms with Crippen molar-refractivity contribution in [2.45, 2.75) is 27.3 Å². The highest BCUT2D eigenvalue weighted by Gasteiger charge is 2.07. The predicted octanol–water partition coefficient (Wildman–Crippen LogP) is 3.00. The largest absolute Gasteiger partial charge is 0.447 e. The van der Waals surface area contributed by atoms with Gasteiger partial charge in [-0.25, -0.2) is 9.97 Å². The molecule has 0 aliphatic carbocycles. The van der Waals surface area contributed by atoms with Gasteiger partial charge < -0.3 is 9.73 Å². The van der Waals surface area contributed by atoms with Crippen molar-refractivity contribution in [2.24, 2.45) is 0 Å². The Kier molecular flexibility index (Phi) is 3.43. The van der Waals surface area contributed by atoms with Crippen LogP contribution in [0.3, 0.4) is 0 Å². The zero-order valence-electron chi connectivity index (χ0n) is 12.3. The molecule has 3 aromatic rings. The first-order valence-corrected chi connectivity index (χ1v) is 6.77. The topological polar surface area (TPSA) is 79.6 Å². The second kappa shape index (κ2) is 5.40. The summed E-state index contributed by atoms with van der Waals surface area (Å²) in [4.78, 5) is 8.63. The molecule has 0 aliphatic heterocycles. The Morgan fingerprint density at radius 3 is 2.71 bits per heavy atom. The number of benzene rings is 1. The van der Waals surface area contributed by atoms with Crippen LogP contribution in [-0.4, -0.2) is 20.2 Å². The molecule has 2 N–H and O–H groups in total. The maximum atomic E-state index is 5.34. The third-order valence-corrected chi connectivity index (χ3v) is 3.19. The van der Waals surface area contributed by atoms with Gasteiger partial charge in [0, 0.05) is 11.3 Å². The summed E-state index contributed by atoms with van der Waals surface area (Å²) in [5, 5.41) is 10.4. The summed E-state index contributed by atoms with van der Waals surface area (Å²) in [6.45, 7) is 6.39. The Bertz CT molecular complexity index is 759. The quantitative estimate of drug-likeness (QED) is 0.769. The molecule has 1 aromatic carbocycles. The Hall–Kier alpha value is -2.63. The predicted molar refractivity (Wildman–Crippen MR) is 79.9 cm³/mol. The van der Waals surface area contributed by atoms with E-state index in [0.717, 1.165) is 28.3 Å². The van der Waals surface area contributed by atoms with E-state index in [1.54, 1.807) is 6.26 Å². The fourth-order valence-electron chi connectivity index (χ4n) is 2.08. The first kappa shape index (κ1) is 13.4. The number of aromatic nitrogens is 4. The molecular weight excluding hydrogens is 266 g/mol. The van der Waals surface area contributed by atoms with Gasteiger partial charge in [0.1, 0.15) is 12.1 Å². The number of oxazole rings is 1. The molecule has 6 heteroatoms. The summed E-state index contributed by atoms with van der Waals surface area (Å²) in [7, 11) is 0. The van der Waals surface area contributed by atoms with Gasteiger partial charge in [0.2, 0.25) is 5.89 Å². The summed E-state index contributed by atoms with van der Waals surface area (Å²) in [6.07, 6.45) is 1.65. The normalized spacial score (nSPS) is 10.8. The minimum absolute atomic E-state index is 0.547. The lowest BCUT2D eigenvalue weighted by molar-refractivity contribution is 0.503. The minimum atomic E-state index is 0.547. The van der Waals surface area contributed by atoms with Crippen LogP contribution in [-0.2, 0) is 6.54 Å². The fourth-order valence-corrected chi connectivity index (χ4v) is 2.08. The fraction of sp³-hybridized carbons (Fsp3) is 0.267. The van der Waals surface area contributed by atoms with Gasteiger partial charge in [-0.2, -0.15) is 5.10 Å². The van der Waals surface area contributed by atoms with Gasteiger partial charge >= 0.3 is 0 Å². The highest BCUT2D eigenvalue weighted by molar-refractivity contribution is 5.65. The van der Waals surface area contributed by atoms with Crippen LogP contribution in [0.2, 0.25) is 0 Å². The van der Waals surface area contributed by atoms with Crippen LogP contribution in [0, 0.1) is 20.8 Å². The number of anilines is 1. The second-order valence-corrected chi connectivity index (χ2v) is 5.01. The van der Waals surface area contributed by atoms with Gasteiger partial charge in [-0.1, -0.05) is 12.1 Å². The van der Waals surface area contributed by atoms with Gasteiger partial charge in [-0.3, -0.25) is 5.10 Å². The van der Waals surface area contributed by atoms with Crippen molar-refractivity contribution in [3.8, 4) is 11.4 Å². The average molecular weight is 283 g/mol. The van der Waals surface area contributed by atoms with Crippen molar-refractivity contribution in [1.82, 2.24) is 20.2 Å². The van der Waals surface area contributed by atoms with Gasteiger partial charge in [0.25, 0.3) is 0 Å². The smallest absolute Gasteiger partial charge is 0.213 e. The van der Waals surface area contributed by atoms with Crippen molar-refractivity contribution in [3.63, 3.8) is 0 Å². The summed E-state index contributed by atoms with van der Waals surface area (Å²) in [6, 6.07) is 6.09. The number of aromatic amines is 1. The molecule has 6 nitrogen and oxygen atoms in total. The van der Waals surface area contributed by atoms with Gasteiger partial charge in [0.15, 0.2) is 5.82 Å². The zero-order chi connectivity index (χ0) is 14.8. The molecule has 3 rings (SSSR count). The van der Waals surface area contributed by atoms with E-state index in [9.17, 15) is 0 Å². The van der Waals surface area contributed by atoms with E-state index in [-0.39, 0.29) is 0 Å². The monoisotopic (exact) mass is 283 g/mol. The summed E-state index contributed by atoms with van der Waals surface area (Å²) >= 11 is 0. The maximum absolute atomic E-state index is 5.34. The Balaban J connectivity index is 1.81. The van der Waals surface area contributed by atoms with Crippen LogP contribution in [0.1, 0.15) is 23.0 Å². The Labute approximate surface area is 122 Å². The molecule has 0 radical (unpaired) electrons. The maximum Gasteiger partial charge on any atom is 0.213 e. The Morgan fingerprint density at radius 1 is 1.19 bits per heavy atom. The van der Waals surface area contributed by atoms with E-state index in [4.69, 9.17) is 4.42 Å². The van der Waals surface area contributed by atoms with Crippen LogP contribution >= 0.6 is 0 Å². The van der Waals surface area contributed by atoms with Gasteiger partial charge in [0.05, 0.1) is 12.2 Å². The molecule has 2 heterocycles. The molecule has 0 atom stereocenters. The van der Waals surface area contributed by atoms with E-state index >= 15 is 0 Å². The number of hydrogen-bond donors (Lipinski definition) is 2. The third-order valence-electron chi connectivity index (χ3n) is 3.19. The molecule has 0 fully saturated rings. The van der Waals surface area contributed by atoms with Crippen molar-refractivity contribution in [2.75, 3.05) is 5.32 Å². The van der Waals surface area contributed by atoms with Crippen LogP contribution < -0.4 is 5.32 Å². The van der Waals surface area contributed by atoms with Crippen molar-refractivity contribution >= 4 is 5.69 Å². The first-order chi connectivity index (χ1) is 10.1. The van der Waals surface area contributed by atoms with E-state index in [1.807, 2.05) is 32.0 Å². The lowest BCUT2D eigenvalue weighted by Gasteiger charge is -2.09. The van der Waals surface area contributed by atoms with E-state index in [0.29, 0.717) is 18.3 Å². The minimum Gasteiger partial charge on any atom is -0.447 e. The number of H-pyrrole nitrogens is 1. The van der Waals surface area contributed by atoms with Crippen LogP contribution in [0.5, 0.6) is 0 Å². The molecule has 0 saturated heterocycles. The summed E-state index contributed by atoms with van der Waals surface area (Å²) in [5.41, 5.74) is 4.02. The van der Waals surface area contributed by atoms with Crippen molar-refractivity contribution in [3.05, 3.63) is 47.4 Å². The second-order valence-electron chi connectivity index (χ2n) is 5.01. The Morgan fingerprint density at radius 2 is 2.05 bits per heavy atom. The summed E-state index contributed by atoms with van der Waals surface area (Å²) < 4.78 is 5.34. The molecule has 0 spiro atoms. The SMILES string of the molecule is Cc1coc(CNc2cc(-c3n[nH]c(C)n3)ccc2C)n1. The number of rotatable bonds is 4. The molecule has 0 bridgehead atoms. The molecule has 21 heavy (non-hydrogen) atoms. The number of aryl methyl sites for hydroxylation is 3. The molecule has 0 unspecified atom stereocenters. The number of nitrogens with zero attached hydrogens (tertiary/aromatic N) is 3. The molecule has 108 valence electrons. The first-order valence-electron chi connectivity index (χ1n) is 6.77. The highest BCUT2D eigenvalue weighted by Crippen LogP contribution is 2.23. The number of nitrogens with one attached hydrogen (secondary N) is 2. The number of hydrogen-bond acceptors (Lipinski definition) is 5. The third kappa shape index (κ3) is 2.94. The summed E-state index contributed by atoms with van der Waals surface area (Å²) in [5.74, 6) is 2.17. The van der Waals surface area contributed by atoms with E-state index in [2.05, 4.69) is 32.4 Å². The zero-order valence-corrected chi connectivity index (χ0v) is 12.3. The standard InChI is InChI=1S/C15H17N5O/c1-9-4-5-12(15-18-11(3)19-20-15)6-13(9)16-7-14-17-10(2)8-21-14/h4-6,8,16H,7H2,1-3H3,(H,18,19,20). The molecule has 0 aliphatic rings. The van der Waals surface area contributed by atoms with Crippen LogP contribution in [0.4, 0.5) is 5.69 Å². The molecular formula is C15H17N5O. The van der Waals surface area contributed by atoms with Gasteiger partial charge in [-0.15, -0.1) is 0 Å². The van der Waals surface area contributed by atoms with Crippen LogP contribution in [0.25, 0.3) is 11.4 Å². The lowest BCUT2D eigenvalue weighted by atomic mass is 10.1. The van der Waals surface area contributed by atoms with Crippen molar-refractivity contribution < 1.29 is 4.42 Å².